The van der Waals surface area contributed by atoms with E-state index in [1.165, 1.54) is 5.56 Å². The number of methoxy groups -OCH3 is 1. The Bertz CT molecular complexity index is 456. The summed E-state index contributed by atoms with van der Waals surface area (Å²) < 4.78 is 16.9. The predicted octanol–water partition coefficient (Wildman–Crippen LogP) is 3.93. The zero-order chi connectivity index (χ0) is 15.5. The fourth-order valence-corrected chi connectivity index (χ4v) is 3.19. The monoisotopic (exact) mass is 356 g/mol. The van der Waals surface area contributed by atoms with Crippen molar-refractivity contribution in [1.82, 2.24) is 0 Å². The molecule has 1 aliphatic carbocycles. The fraction of sp³-hybridized carbons (Fsp3) is 0.647. The first-order valence-corrected chi connectivity index (χ1v) is 8.35. The Morgan fingerprint density at radius 2 is 2.00 bits per heavy atom. The summed E-state index contributed by atoms with van der Waals surface area (Å²) >= 11 is 3.63. The van der Waals surface area contributed by atoms with E-state index in [1.54, 1.807) is 7.11 Å². The average Bonchev–Trinajstić information content (AvgIpc) is 2.42. The van der Waals surface area contributed by atoms with Crippen LogP contribution in [0.25, 0.3) is 0 Å². The molecule has 0 amide bonds. The van der Waals surface area contributed by atoms with Crippen LogP contribution >= 0.6 is 15.9 Å². The molecule has 3 atom stereocenters. The van der Waals surface area contributed by atoms with E-state index in [0.29, 0.717) is 18.0 Å². The summed E-state index contributed by atoms with van der Waals surface area (Å²) in [6.45, 7) is 7.84. The van der Waals surface area contributed by atoms with Gasteiger partial charge in [-0.05, 0) is 23.1 Å². The molecule has 0 aromatic heterocycles. The molecular weight excluding hydrogens is 332 g/mol. The summed E-state index contributed by atoms with van der Waals surface area (Å²) in [6.07, 6.45) is 1.18. The molecule has 3 nitrogen and oxygen atoms in total. The third kappa shape index (κ3) is 4.44. The fourth-order valence-electron chi connectivity index (χ4n) is 2.33. The third-order valence-electron chi connectivity index (χ3n) is 3.77. The molecule has 21 heavy (non-hydrogen) atoms. The van der Waals surface area contributed by atoms with E-state index in [0.717, 1.165) is 12.2 Å². The first kappa shape index (κ1) is 16.8. The van der Waals surface area contributed by atoms with Gasteiger partial charge >= 0.3 is 0 Å². The summed E-state index contributed by atoms with van der Waals surface area (Å²) in [5.41, 5.74) is 1.41. The number of rotatable bonds is 6. The van der Waals surface area contributed by atoms with Crippen LogP contribution in [0.5, 0.6) is 5.75 Å². The van der Waals surface area contributed by atoms with Gasteiger partial charge in [-0.15, -0.1) is 0 Å². The smallest absolute Gasteiger partial charge is 0.127 e. The maximum absolute atomic E-state index is 6.10. The highest BCUT2D eigenvalue weighted by Crippen LogP contribution is 2.35. The Morgan fingerprint density at radius 3 is 2.62 bits per heavy atom. The molecule has 1 saturated carbocycles. The molecule has 1 aromatic carbocycles. The minimum atomic E-state index is 0.0958. The van der Waals surface area contributed by atoms with Gasteiger partial charge in [0.1, 0.15) is 18.0 Å². The molecule has 2 rings (SSSR count). The summed E-state index contributed by atoms with van der Waals surface area (Å²) in [7, 11) is 1.68. The maximum Gasteiger partial charge on any atom is 0.127 e. The molecule has 4 heteroatoms. The van der Waals surface area contributed by atoms with Gasteiger partial charge in [0.15, 0.2) is 0 Å². The van der Waals surface area contributed by atoms with E-state index in [-0.39, 0.29) is 17.6 Å². The number of hydrogen-bond acceptors (Lipinski definition) is 3. The van der Waals surface area contributed by atoms with E-state index < -0.39 is 0 Å². The molecule has 0 heterocycles. The third-order valence-corrected chi connectivity index (χ3v) is 4.66. The quantitative estimate of drug-likeness (QED) is 0.570. The van der Waals surface area contributed by atoms with Crippen LogP contribution in [0.4, 0.5) is 0 Å². The lowest BCUT2D eigenvalue weighted by Gasteiger charge is -2.41. The average molecular weight is 357 g/mol. The number of ether oxygens (including phenoxy) is 3. The van der Waals surface area contributed by atoms with Gasteiger partial charge in [0.25, 0.3) is 0 Å². The van der Waals surface area contributed by atoms with Crippen LogP contribution < -0.4 is 4.74 Å². The largest absolute Gasteiger partial charge is 0.488 e. The summed E-state index contributed by atoms with van der Waals surface area (Å²) in [5, 5.41) is 0. The van der Waals surface area contributed by atoms with Crippen molar-refractivity contribution in [2.24, 2.45) is 0 Å². The van der Waals surface area contributed by atoms with Crippen LogP contribution in [0.2, 0.25) is 0 Å². The Morgan fingerprint density at radius 1 is 1.24 bits per heavy atom. The van der Waals surface area contributed by atoms with Gasteiger partial charge in [0.2, 0.25) is 0 Å². The van der Waals surface area contributed by atoms with Gasteiger partial charge in [-0.3, -0.25) is 0 Å². The van der Waals surface area contributed by atoms with E-state index >= 15 is 0 Å². The van der Waals surface area contributed by atoms with Crippen molar-refractivity contribution in [3.05, 3.63) is 29.8 Å². The van der Waals surface area contributed by atoms with Crippen molar-refractivity contribution in [2.75, 3.05) is 20.3 Å². The summed E-state index contributed by atoms with van der Waals surface area (Å²) in [4.78, 5) is 0.366. The molecule has 0 saturated heterocycles. The van der Waals surface area contributed by atoms with E-state index in [1.807, 2.05) is 6.07 Å². The van der Waals surface area contributed by atoms with E-state index in [2.05, 4.69) is 54.9 Å². The highest BCUT2D eigenvalue weighted by Gasteiger charge is 2.42. The first-order chi connectivity index (χ1) is 9.91. The SMILES string of the molecule is COCCOC1C(Br)CC1Oc1cccc(C(C)(C)C)c1. The zero-order valence-electron chi connectivity index (χ0n) is 13.3. The molecule has 0 aliphatic heterocycles. The normalized spacial score (nSPS) is 25.5. The highest BCUT2D eigenvalue weighted by molar-refractivity contribution is 9.09. The number of halogens is 1. The molecule has 3 unspecified atom stereocenters. The molecule has 1 aliphatic rings. The van der Waals surface area contributed by atoms with Crippen molar-refractivity contribution in [3.63, 3.8) is 0 Å². The van der Waals surface area contributed by atoms with Crippen LogP contribution in [0.1, 0.15) is 32.8 Å². The second-order valence-corrected chi connectivity index (χ2v) is 7.69. The zero-order valence-corrected chi connectivity index (χ0v) is 14.9. The lowest BCUT2D eigenvalue weighted by Crippen LogP contribution is -2.52. The van der Waals surface area contributed by atoms with Crippen molar-refractivity contribution < 1.29 is 14.2 Å². The van der Waals surface area contributed by atoms with Crippen LogP contribution in [0, 0.1) is 0 Å². The second-order valence-electron chi connectivity index (χ2n) is 6.51. The second kappa shape index (κ2) is 7.12. The standard InChI is InChI=1S/C17H25BrO3/c1-17(2,3)12-6-5-7-13(10-12)21-15-11-14(18)16(15)20-9-8-19-4/h5-7,10,14-16H,8-9,11H2,1-4H3. The van der Waals surface area contributed by atoms with Crippen molar-refractivity contribution in [1.29, 1.82) is 0 Å². The molecule has 0 bridgehead atoms. The summed E-state index contributed by atoms with van der Waals surface area (Å²) in [5.74, 6) is 0.923. The summed E-state index contributed by atoms with van der Waals surface area (Å²) in [6, 6.07) is 8.35. The molecule has 118 valence electrons. The number of benzene rings is 1. The van der Waals surface area contributed by atoms with Crippen molar-refractivity contribution in [2.45, 2.75) is 49.6 Å². The van der Waals surface area contributed by atoms with Gasteiger partial charge in [-0.2, -0.15) is 0 Å². The van der Waals surface area contributed by atoms with Gasteiger partial charge in [0, 0.05) is 18.4 Å². The number of hydrogen-bond donors (Lipinski definition) is 0. The first-order valence-electron chi connectivity index (χ1n) is 7.43. The Hall–Kier alpha value is -0.580. The number of alkyl halides is 1. The lowest BCUT2D eigenvalue weighted by atomic mass is 9.87. The maximum atomic E-state index is 6.10. The van der Waals surface area contributed by atoms with Crippen LogP contribution in [-0.2, 0) is 14.9 Å². The minimum Gasteiger partial charge on any atom is -0.488 e. The topological polar surface area (TPSA) is 27.7 Å². The minimum absolute atomic E-state index is 0.0958. The van der Waals surface area contributed by atoms with Gasteiger partial charge in [0.05, 0.1) is 13.2 Å². The molecular formula is C17H25BrO3. The molecule has 0 spiro atoms. The molecule has 0 radical (unpaired) electrons. The highest BCUT2D eigenvalue weighted by atomic mass is 79.9. The molecule has 1 aromatic rings. The lowest BCUT2D eigenvalue weighted by molar-refractivity contribution is -0.0865. The molecule has 0 N–H and O–H groups in total. The Kier molecular flexibility index (Phi) is 5.69. The van der Waals surface area contributed by atoms with Gasteiger partial charge in [-0.1, -0.05) is 48.8 Å². The Balaban J connectivity index is 1.95. The van der Waals surface area contributed by atoms with Crippen LogP contribution in [0.15, 0.2) is 24.3 Å². The van der Waals surface area contributed by atoms with Gasteiger partial charge < -0.3 is 14.2 Å². The Labute approximate surface area is 136 Å². The molecule has 1 fully saturated rings. The van der Waals surface area contributed by atoms with Crippen molar-refractivity contribution in [3.8, 4) is 5.75 Å². The van der Waals surface area contributed by atoms with Gasteiger partial charge in [-0.25, -0.2) is 0 Å². The van der Waals surface area contributed by atoms with E-state index in [4.69, 9.17) is 14.2 Å². The van der Waals surface area contributed by atoms with E-state index in [9.17, 15) is 0 Å². The van der Waals surface area contributed by atoms with Crippen molar-refractivity contribution >= 4 is 15.9 Å². The van der Waals surface area contributed by atoms with Crippen LogP contribution in [-0.4, -0.2) is 37.4 Å². The predicted molar refractivity (Wildman–Crippen MR) is 88.5 cm³/mol. The van der Waals surface area contributed by atoms with Crippen LogP contribution in [0.3, 0.4) is 0 Å².